The van der Waals surface area contributed by atoms with E-state index in [4.69, 9.17) is 23.9 Å². The number of carbonyl (C=O) groups is 1. The van der Waals surface area contributed by atoms with Gasteiger partial charge in [0.2, 0.25) is 5.88 Å². The smallest absolute Gasteiger partial charge is 0.297 e. The molecule has 5 saturated heterocycles. The number of allylic oxidation sites excluding steroid dienone is 1. The topological polar surface area (TPSA) is 200 Å². The summed E-state index contributed by atoms with van der Waals surface area (Å²) in [4.78, 5) is 46.4. The van der Waals surface area contributed by atoms with E-state index < -0.39 is 37.5 Å². The second kappa shape index (κ2) is 19.3. The van der Waals surface area contributed by atoms with Crippen molar-refractivity contribution in [1.29, 1.82) is 0 Å². The molecule has 1 saturated carbocycles. The first-order chi connectivity index (χ1) is 36.8. The van der Waals surface area contributed by atoms with Crippen LogP contribution < -0.4 is 29.3 Å². The lowest BCUT2D eigenvalue weighted by atomic mass is 9.59. The highest BCUT2D eigenvalue weighted by atomic mass is 32.2. The molecule has 5 aromatic rings. The number of rotatable bonds is 12. The van der Waals surface area contributed by atoms with Crippen molar-refractivity contribution in [3.05, 3.63) is 106 Å². The van der Waals surface area contributed by atoms with Crippen molar-refractivity contribution in [3.63, 3.8) is 0 Å². The Bertz CT molecular complexity index is 3220. The number of nitrogens with one attached hydrogen (secondary N) is 3. The van der Waals surface area contributed by atoms with Crippen molar-refractivity contribution in [2.45, 2.75) is 99.6 Å². The third-order valence-corrected chi connectivity index (χ3v) is 19.1. The zero-order chi connectivity index (χ0) is 52.0. The first-order valence-electron chi connectivity index (χ1n) is 27.0. The van der Waals surface area contributed by atoms with Gasteiger partial charge in [0.15, 0.2) is 11.4 Å². The van der Waals surface area contributed by atoms with E-state index in [9.17, 15) is 23.3 Å². The largest absolute Gasteiger partial charge is 0.489 e. The summed E-state index contributed by atoms with van der Waals surface area (Å²) >= 11 is 0. The first kappa shape index (κ1) is 49.3. The molecule has 3 N–H and O–H groups in total. The Labute approximate surface area is 442 Å². The number of nitro groups is 1. The van der Waals surface area contributed by atoms with Crippen LogP contribution in [0.5, 0.6) is 11.6 Å². The van der Waals surface area contributed by atoms with E-state index in [0.29, 0.717) is 66.8 Å². The molecule has 19 nitrogen and oxygen atoms in total. The molecule has 13 rings (SSSR count). The number of benzene rings is 3. The van der Waals surface area contributed by atoms with E-state index in [1.807, 2.05) is 35.4 Å². The minimum atomic E-state index is -4.71. The number of fused-ring (bicyclic) bond motifs is 4. The molecule has 76 heavy (non-hydrogen) atoms. The number of likely N-dealkylation sites (tertiary alicyclic amines) is 1. The quantitative estimate of drug-likeness (QED) is 0.0845. The van der Waals surface area contributed by atoms with Crippen molar-refractivity contribution in [2.24, 2.45) is 5.41 Å². The van der Waals surface area contributed by atoms with Gasteiger partial charge >= 0.3 is 0 Å². The van der Waals surface area contributed by atoms with Crippen LogP contribution in [0.1, 0.15) is 79.9 Å². The molecule has 7 aliphatic heterocycles. The third-order valence-electron chi connectivity index (χ3n) is 17.8. The average Bonchev–Trinajstić information content (AvgIpc) is 4.19. The SMILES string of the molecule is C=C(C)c1ccccc1[C@@H]1CCCN1C1CC2(CCN(c3ccc(C(=O)NS(=O)(=O)c4cc5c(c([N+](=O)[O-])c4)N[C@@H](CN4CCN(C6COC6)[C@H](C)C4)CO5)c(N4c5cc6cc[nH]c6nc5O[C@@H]5COC[C@@H]54)c3)CC2)C1. The van der Waals surface area contributed by atoms with Crippen molar-refractivity contribution in [3.8, 4) is 11.6 Å². The number of carbonyl (C=O) groups excluding carboxylic acids is 1. The minimum Gasteiger partial charge on any atom is -0.489 e. The van der Waals surface area contributed by atoms with Gasteiger partial charge in [-0.15, -0.1) is 0 Å². The second-order valence-corrected chi connectivity index (χ2v) is 24.3. The average molecular weight is 1060 g/mol. The van der Waals surface area contributed by atoms with Crippen molar-refractivity contribution in [2.75, 3.05) is 94.0 Å². The fraction of sp³-hybridized carbons (Fsp3) is 0.500. The lowest BCUT2D eigenvalue weighted by Crippen LogP contribution is -2.61. The lowest BCUT2D eigenvalue weighted by molar-refractivity contribution is -0.384. The van der Waals surface area contributed by atoms with E-state index >= 15 is 0 Å². The van der Waals surface area contributed by atoms with E-state index in [1.165, 1.54) is 36.5 Å². The number of pyridine rings is 1. The Hall–Kier alpha value is -6.29. The van der Waals surface area contributed by atoms with Gasteiger partial charge in [-0.25, -0.2) is 13.1 Å². The Morgan fingerprint density at radius 2 is 1.74 bits per heavy atom. The highest BCUT2D eigenvalue weighted by molar-refractivity contribution is 7.90. The number of nitro benzene ring substituents is 1. The number of ether oxygens (including phenoxy) is 4. The molecule has 8 aliphatic rings. The van der Waals surface area contributed by atoms with Gasteiger partial charge in [0.25, 0.3) is 21.6 Å². The van der Waals surface area contributed by atoms with Crippen LogP contribution in [0.15, 0.2) is 84.4 Å². The second-order valence-electron chi connectivity index (χ2n) is 22.6. The molecule has 5 atom stereocenters. The minimum absolute atomic E-state index is 0.0256. The van der Waals surface area contributed by atoms with Crippen LogP contribution in [-0.2, 0) is 19.5 Å². The van der Waals surface area contributed by atoms with E-state index in [1.54, 1.807) is 6.07 Å². The number of amides is 1. The Morgan fingerprint density at radius 1 is 0.921 bits per heavy atom. The monoisotopic (exact) mass is 1050 g/mol. The number of piperidine rings is 1. The van der Waals surface area contributed by atoms with E-state index in [0.717, 1.165) is 94.5 Å². The van der Waals surface area contributed by atoms with Crippen LogP contribution in [0.2, 0.25) is 0 Å². The normalized spacial score (nSPS) is 25.9. The third kappa shape index (κ3) is 8.83. The van der Waals surface area contributed by atoms with Gasteiger partial charge in [0.05, 0.1) is 65.6 Å². The Morgan fingerprint density at radius 3 is 2.51 bits per heavy atom. The zero-order valence-electron chi connectivity index (χ0n) is 43.1. The van der Waals surface area contributed by atoms with Gasteiger partial charge in [0, 0.05) is 86.8 Å². The molecule has 9 heterocycles. The summed E-state index contributed by atoms with van der Waals surface area (Å²) in [5.74, 6) is -0.510. The summed E-state index contributed by atoms with van der Waals surface area (Å²) in [7, 11) is -4.71. The van der Waals surface area contributed by atoms with E-state index in [-0.39, 0.29) is 41.1 Å². The Balaban J connectivity index is 0.758. The molecule has 1 aliphatic carbocycles. The predicted octanol–water partition coefficient (Wildman–Crippen LogP) is 7.08. The fourth-order valence-corrected chi connectivity index (χ4v) is 14.8. The highest BCUT2D eigenvalue weighted by Gasteiger charge is 2.51. The predicted molar refractivity (Wildman–Crippen MR) is 288 cm³/mol. The number of sulfonamides is 1. The molecule has 6 fully saturated rings. The molecule has 0 bridgehead atoms. The maximum Gasteiger partial charge on any atom is 0.297 e. The molecular formula is C56H66N10O9S. The molecular weight excluding hydrogens is 989 g/mol. The maximum atomic E-state index is 14.8. The van der Waals surface area contributed by atoms with Gasteiger partial charge in [-0.3, -0.25) is 29.6 Å². The van der Waals surface area contributed by atoms with E-state index in [2.05, 4.69) is 79.3 Å². The molecule has 3 aromatic carbocycles. The number of anilines is 4. The van der Waals surface area contributed by atoms with Gasteiger partial charge in [-0.05, 0) is 106 Å². The number of piperazine rings is 1. The molecule has 20 heteroatoms. The summed E-state index contributed by atoms with van der Waals surface area (Å²) in [6, 6.07) is 21.5. The molecule has 1 amide bonds. The van der Waals surface area contributed by atoms with Crippen LogP contribution in [0.3, 0.4) is 0 Å². The van der Waals surface area contributed by atoms with Gasteiger partial charge in [-0.2, -0.15) is 4.98 Å². The van der Waals surface area contributed by atoms with Gasteiger partial charge in [-0.1, -0.05) is 36.4 Å². The summed E-state index contributed by atoms with van der Waals surface area (Å²) in [5.41, 5.74) is 6.40. The van der Waals surface area contributed by atoms with Crippen molar-refractivity contribution >= 4 is 61.0 Å². The number of nitrogens with zero attached hydrogens (tertiary/aromatic N) is 7. The molecule has 0 radical (unpaired) electrons. The highest BCUT2D eigenvalue weighted by Crippen LogP contribution is 2.55. The number of H-pyrrole nitrogens is 1. The summed E-state index contributed by atoms with van der Waals surface area (Å²) in [6.07, 6.45) is 8.16. The summed E-state index contributed by atoms with van der Waals surface area (Å²) < 4.78 is 55.2. The van der Waals surface area contributed by atoms with Gasteiger partial charge < -0.3 is 39.0 Å². The van der Waals surface area contributed by atoms with Crippen LogP contribution >= 0.6 is 0 Å². The van der Waals surface area contributed by atoms with Gasteiger partial charge in [0.1, 0.15) is 24.0 Å². The Kier molecular flexibility index (Phi) is 12.5. The zero-order valence-corrected chi connectivity index (χ0v) is 43.9. The number of hydrogen-bond acceptors (Lipinski definition) is 16. The maximum absolute atomic E-state index is 14.8. The fourth-order valence-electron chi connectivity index (χ4n) is 13.8. The first-order valence-corrected chi connectivity index (χ1v) is 28.5. The van der Waals surface area contributed by atoms with Crippen LogP contribution in [-0.4, -0.2) is 159 Å². The standard InChI is InChI=1S/C56H66N10O9S/c1-34(2)42-7-4-5-8-43(42)45-9-6-16-64(45)39-25-56(26-39)13-17-62(18-14-56)38-10-11-44(46(22-38)65-48-21-36-12-15-57-53(36)59-55(48)75-51-33-73-32-49(51)65)54(67)60-76(70,71)41-23-47(66(68)69)52-50(24-41)74-29-37(58-52)28-61-19-20-63(35(3)27-61)40-30-72-31-40/h4-5,7-8,10-12,15,21-24,35,37,39-40,45,49,51,58H,1,6,9,13-14,16-20,25-33H2,2-3H3,(H,57,59)(H,60,67)/t35-,37+,45+,49+,51-/m1/s1. The summed E-state index contributed by atoms with van der Waals surface area (Å²) in [6.45, 7) is 16.8. The molecule has 2 aromatic heterocycles. The summed E-state index contributed by atoms with van der Waals surface area (Å²) in [5, 5.41) is 16.8. The molecule has 0 unspecified atom stereocenters. The molecule has 400 valence electrons. The van der Waals surface area contributed by atoms with Crippen molar-refractivity contribution < 1.29 is 37.1 Å². The van der Waals surface area contributed by atoms with Crippen LogP contribution in [0.25, 0.3) is 16.6 Å². The molecule has 1 spiro atoms. The number of aromatic nitrogens is 2. The van der Waals surface area contributed by atoms with Crippen LogP contribution in [0, 0.1) is 15.5 Å². The number of aromatic amines is 1. The lowest BCUT2D eigenvalue weighted by Gasteiger charge is -2.56. The van der Waals surface area contributed by atoms with Crippen molar-refractivity contribution in [1.82, 2.24) is 29.4 Å². The number of hydrogen-bond donors (Lipinski definition) is 3. The van der Waals surface area contributed by atoms with Crippen LogP contribution in [0.4, 0.5) is 28.4 Å².